The first kappa shape index (κ1) is 22.6. The highest BCUT2D eigenvalue weighted by Crippen LogP contribution is 2.28. The molecule has 0 aliphatic heterocycles. The van der Waals surface area contributed by atoms with E-state index >= 15 is 0 Å². The third kappa shape index (κ3) is 6.19. The Morgan fingerprint density at radius 3 is 2.44 bits per heavy atom. The normalized spacial score (nSPS) is 10.4. The standard InChI is InChI=1S/C23H21N3O5S/c1-29-17-9-5-15(6-10-17)7-12-21(27)26-23(32)25-18-14-16(8-11-19(18)30-2)24-22(28)20-4-3-13-31-20/h3-14H,1-2H3,(H,24,28)(H2,25,26,27,32)/b12-7+. The van der Waals surface area contributed by atoms with E-state index in [-0.39, 0.29) is 10.9 Å². The second-order valence-corrected chi connectivity index (χ2v) is 6.80. The van der Waals surface area contributed by atoms with E-state index in [1.807, 2.05) is 12.1 Å². The van der Waals surface area contributed by atoms with Crippen LogP contribution in [-0.4, -0.2) is 31.1 Å². The zero-order valence-electron chi connectivity index (χ0n) is 17.4. The zero-order valence-corrected chi connectivity index (χ0v) is 18.2. The molecule has 0 saturated carbocycles. The molecule has 0 aliphatic carbocycles. The summed E-state index contributed by atoms with van der Waals surface area (Å²) in [6.07, 6.45) is 4.44. The van der Waals surface area contributed by atoms with Gasteiger partial charge in [0.25, 0.3) is 5.91 Å². The van der Waals surface area contributed by atoms with E-state index in [9.17, 15) is 9.59 Å². The predicted octanol–water partition coefficient (Wildman–Crippen LogP) is 4.08. The van der Waals surface area contributed by atoms with E-state index in [0.29, 0.717) is 17.1 Å². The Kier molecular flexibility index (Phi) is 7.60. The minimum absolute atomic E-state index is 0.0715. The lowest BCUT2D eigenvalue weighted by Crippen LogP contribution is -2.33. The molecular formula is C23H21N3O5S. The maximum atomic E-state index is 12.2. The molecule has 1 heterocycles. The summed E-state index contributed by atoms with van der Waals surface area (Å²) in [4.78, 5) is 24.4. The summed E-state index contributed by atoms with van der Waals surface area (Å²) in [5.41, 5.74) is 1.79. The van der Waals surface area contributed by atoms with Crippen LogP contribution in [0.25, 0.3) is 6.08 Å². The van der Waals surface area contributed by atoms with Crippen LogP contribution in [-0.2, 0) is 4.79 Å². The van der Waals surface area contributed by atoms with Crippen LogP contribution < -0.4 is 25.4 Å². The van der Waals surface area contributed by atoms with Crippen molar-refractivity contribution in [3.63, 3.8) is 0 Å². The largest absolute Gasteiger partial charge is 0.497 e. The zero-order chi connectivity index (χ0) is 22.9. The molecule has 0 fully saturated rings. The van der Waals surface area contributed by atoms with Crippen LogP contribution in [0.3, 0.4) is 0 Å². The van der Waals surface area contributed by atoms with Gasteiger partial charge in [0.15, 0.2) is 10.9 Å². The molecule has 0 bridgehead atoms. The molecule has 2 aromatic carbocycles. The number of hydrogen-bond donors (Lipinski definition) is 3. The third-order valence-electron chi connectivity index (χ3n) is 4.23. The van der Waals surface area contributed by atoms with Crippen LogP contribution in [0.4, 0.5) is 11.4 Å². The van der Waals surface area contributed by atoms with Gasteiger partial charge < -0.3 is 24.5 Å². The Balaban J connectivity index is 1.61. The maximum Gasteiger partial charge on any atom is 0.291 e. The molecule has 1 aromatic heterocycles. The van der Waals surface area contributed by atoms with Gasteiger partial charge in [0.05, 0.1) is 26.2 Å². The van der Waals surface area contributed by atoms with E-state index < -0.39 is 11.8 Å². The molecule has 3 N–H and O–H groups in total. The SMILES string of the molecule is COc1ccc(/C=C/C(=O)NC(=S)Nc2cc(NC(=O)c3ccco3)ccc2OC)cc1. The Labute approximate surface area is 190 Å². The molecule has 3 aromatic rings. The van der Waals surface area contributed by atoms with Gasteiger partial charge in [0.2, 0.25) is 5.91 Å². The van der Waals surface area contributed by atoms with Gasteiger partial charge in [-0.15, -0.1) is 0 Å². The van der Waals surface area contributed by atoms with E-state index in [0.717, 1.165) is 11.3 Å². The molecule has 0 radical (unpaired) electrons. The van der Waals surface area contributed by atoms with Crippen molar-refractivity contribution in [1.29, 1.82) is 0 Å². The number of nitrogens with one attached hydrogen (secondary N) is 3. The van der Waals surface area contributed by atoms with Crippen molar-refractivity contribution in [1.82, 2.24) is 5.32 Å². The lowest BCUT2D eigenvalue weighted by Gasteiger charge is -2.14. The van der Waals surface area contributed by atoms with Crippen LogP contribution in [0.2, 0.25) is 0 Å². The fourth-order valence-electron chi connectivity index (χ4n) is 2.68. The molecule has 32 heavy (non-hydrogen) atoms. The molecular weight excluding hydrogens is 430 g/mol. The topological polar surface area (TPSA) is 102 Å². The summed E-state index contributed by atoms with van der Waals surface area (Å²) in [5, 5.41) is 8.26. The van der Waals surface area contributed by atoms with Crippen molar-refractivity contribution < 1.29 is 23.5 Å². The molecule has 3 rings (SSSR count). The van der Waals surface area contributed by atoms with Crippen LogP contribution >= 0.6 is 12.2 Å². The number of benzene rings is 2. The predicted molar refractivity (Wildman–Crippen MR) is 126 cm³/mol. The lowest BCUT2D eigenvalue weighted by molar-refractivity contribution is -0.115. The molecule has 2 amide bonds. The molecule has 8 nitrogen and oxygen atoms in total. The molecule has 0 atom stereocenters. The second kappa shape index (κ2) is 10.8. The average molecular weight is 452 g/mol. The fourth-order valence-corrected chi connectivity index (χ4v) is 2.89. The number of anilines is 2. The van der Waals surface area contributed by atoms with Gasteiger partial charge in [0.1, 0.15) is 11.5 Å². The van der Waals surface area contributed by atoms with Gasteiger partial charge in [-0.2, -0.15) is 0 Å². The van der Waals surface area contributed by atoms with Gasteiger partial charge in [-0.05, 0) is 66.3 Å². The van der Waals surface area contributed by atoms with Gasteiger partial charge in [-0.3, -0.25) is 14.9 Å². The number of furan rings is 1. The van der Waals surface area contributed by atoms with Crippen LogP contribution in [0.5, 0.6) is 11.5 Å². The number of ether oxygens (including phenoxy) is 2. The van der Waals surface area contributed by atoms with Gasteiger partial charge in [-0.25, -0.2) is 0 Å². The number of thiocarbonyl (C=S) groups is 1. The van der Waals surface area contributed by atoms with E-state index in [1.165, 1.54) is 19.4 Å². The first-order chi connectivity index (χ1) is 15.5. The first-order valence-electron chi connectivity index (χ1n) is 9.45. The quantitative estimate of drug-likeness (QED) is 0.368. The molecule has 0 saturated heterocycles. The van der Waals surface area contributed by atoms with Gasteiger partial charge in [0, 0.05) is 11.8 Å². The maximum absolute atomic E-state index is 12.2. The van der Waals surface area contributed by atoms with Crippen molar-refractivity contribution in [2.45, 2.75) is 0 Å². The number of carbonyl (C=O) groups is 2. The molecule has 164 valence electrons. The van der Waals surface area contributed by atoms with Crippen molar-refractivity contribution >= 4 is 46.6 Å². The Morgan fingerprint density at radius 1 is 1.00 bits per heavy atom. The summed E-state index contributed by atoms with van der Waals surface area (Å²) in [7, 11) is 3.09. The van der Waals surface area contributed by atoms with Crippen molar-refractivity contribution in [3.05, 3.63) is 78.3 Å². The number of methoxy groups -OCH3 is 2. The summed E-state index contributed by atoms with van der Waals surface area (Å²) < 4.78 is 15.5. The number of amides is 2. The van der Waals surface area contributed by atoms with E-state index in [4.69, 9.17) is 26.1 Å². The smallest absolute Gasteiger partial charge is 0.291 e. The highest BCUT2D eigenvalue weighted by molar-refractivity contribution is 7.80. The first-order valence-corrected chi connectivity index (χ1v) is 9.86. The minimum Gasteiger partial charge on any atom is -0.497 e. The second-order valence-electron chi connectivity index (χ2n) is 6.40. The van der Waals surface area contributed by atoms with Gasteiger partial charge >= 0.3 is 0 Å². The molecule has 9 heteroatoms. The van der Waals surface area contributed by atoms with E-state index in [1.54, 1.807) is 55.7 Å². The average Bonchev–Trinajstić information content (AvgIpc) is 3.33. The van der Waals surface area contributed by atoms with Crippen molar-refractivity contribution in [2.24, 2.45) is 0 Å². The number of carbonyl (C=O) groups excluding carboxylic acids is 2. The lowest BCUT2D eigenvalue weighted by atomic mass is 10.2. The Morgan fingerprint density at radius 2 is 1.78 bits per heavy atom. The highest BCUT2D eigenvalue weighted by Gasteiger charge is 2.12. The Bertz CT molecular complexity index is 1130. The molecule has 0 aliphatic rings. The minimum atomic E-state index is -0.403. The summed E-state index contributed by atoms with van der Waals surface area (Å²) in [5.74, 6) is 0.590. The Hall–Kier alpha value is -4.11. The van der Waals surface area contributed by atoms with Crippen LogP contribution in [0.15, 0.2) is 71.4 Å². The summed E-state index contributed by atoms with van der Waals surface area (Å²) in [6, 6.07) is 15.4. The molecule has 0 unspecified atom stereocenters. The van der Waals surface area contributed by atoms with Crippen LogP contribution in [0.1, 0.15) is 16.1 Å². The number of rotatable bonds is 7. The summed E-state index contributed by atoms with van der Waals surface area (Å²) >= 11 is 5.23. The third-order valence-corrected chi connectivity index (χ3v) is 4.43. The molecule has 0 spiro atoms. The highest BCUT2D eigenvalue weighted by atomic mass is 32.1. The fraction of sp³-hybridized carbons (Fsp3) is 0.0870. The van der Waals surface area contributed by atoms with E-state index in [2.05, 4.69) is 16.0 Å². The van der Waals surface area contributed by atoms with Crippen molar-refractivity contribution in [3.8, 4) is 11.5 Å². The monoisotopic (exact) mass is 451 g/mol. The van der Waals surface area contributed by atoms with Crippen LogP contribution in [0, 0.1) is 0 Å². The summed E-state index contributed by atoms with van der Waals surface area (Å²) in [6.45, 7) is 0. The van der Waals surface area contributed by atoms with Crippen molar-refractivity contribution in [2.75, 3.05) is 24.9 Å². The number of hydrogen-bond acceptors (Lipinski definition) is 6. The van der Waals surface area contributed by atoms with Gasteiger partial charge in [-0.1, -0.05) is 12.1 Å².